The Morgan fingerprint density at radius 2 is 1.88 bits per heavy atom. The zero-order chi connectivity index (χ0) is 12.7. The van der Waals surface area contributed by atoms with Gasteiger partial charge in [-0.2, -0.15) is 0 Å². The van der Waals surface area contributed by atoms with Crippen LogP contribution in [0, 0.1) is 5.82 Å². The second kappa shape index (κ2) is 6.42. The highest BCUT2D eigenvalue weighted by atomic mass is 19.1. The molecule has 0 heterocycles. The lowest BCUT2D eigenvalue weighted by atomic mass is 10.2. The maximum absolute atomic E-state index is 12.6. The van der Waals surface area contributed by atoms with Crippen LogP contribution in [0.3, 0.4) is 0 Å². The van der Waals surface area contributed by atoms with E-state index in [2.05, 4.69) is 17.2 Å². The third-order valence-corrected chi connectivity index (χ3v) is 1.96. The molecule has 0 saturated carbocycles. The maximum atomic E-state index is 12.6. The van der Waals surface area contributed by atoms with Gasteiger partial charge >= 0.3 is 0 Å². The molecule has 90 valence electrons. The Balaban J connectivity index is 2.42. The number of halogens is 1. The normalized spacial score (nSPS) is 9.47. The van der Waals surface area contributed by atoms with E-state index >= 15 is 0 Å². The molecule has 1 aromatic rings. The number of benzene rings is 1. The average Bonchev–Trinajstić information content (AvgIpc) is 2.34. The van der Waals surface area contributed by atoms with Gasteiger partial charge < -0.3 is 10.6 Å². The van der Waals surface area contributed by atoms with Crippen LogP contribution in [-0.4, -0.2) is 24.9 Å². The van der Waals surface area contributed by atoms with Gasteiger partial charge in [-0.15, -0.1) is 6.58 Å². The smallest absolute Gasteiger partial charge is 0.251 e. The summed E-state index contributed by atoms with van der Waals surface area (Å²) in [5.74, 6) is -1.13. The molecule has 0 radical (unpaired) electrons. The highest BCUT2D eigenvalue weighted by molar-refractivity contribution is 5.96. The standard InChI is InChI=1S/C12H13FN2O2/c1-2-7-14-11(16)8-15-12(17)9-3-5-10(13)6-4-9/h2-6H,1,7-8H2,(H,14,16)(H,15,17). The Hall–Kier alpha value is -2.17. The first kappa shape index (κ1) is 12.9. The van der Waals surface area contributed by atoms with Gasteiger partial charge in [0.1, 0.15) is 5.82 Å². The molecule has 0 aromatic heterocycles. The first-order chi connectivity index (χ1) is 8.13. The Morgan fingerprint density at radius 3 is 2.47 bits per heavy atom. The summed E-state index contributed by atoms with van der Waals surface area (Å²) in [6.07, 6.45) is 1.54. The second-order valence-corrected chi connectivity index (χ2v) is 3.28. The molecular formula is C12H13FN2O2. The summed E-state index contributed by atoms with van der Waals surface area (Å²) in [6.45, 7) is 3.68. The molecule has 0 spiro atoms. The van der Waals surface area contributed by atoms with Crippen molar-refractivity contribution in [3.8, 4) is 0 Å². The minimum atomic E-state index is -0.418. The largest absolute Gasteiger partial charge is 0.351 e. The van der Waals surface area contributed by atoms with E-state index < -0.39 is 11.7 Å². The highest BCUT2D eigenvalue weighted by Gasteiger charge is 2.07. The van der Waals surface area contributed by atoms with Crippen LogP contribution in [0.1, 0.15) is 10.4 Å². The summed E-state index contributed by atoms with van der Waals surface area (Å²) in [4.78, 5) is 22.7. The van der Waals surface area contributed by atoms with Crippen LogP contribution in [0.5, 0.6) is 0 Å². The first-order valence-electron chi connectivity index (χ1n) is 5.05. The zero-order valence-corrected chi connectivity index (χ0v) is 9.20. The van der Waals surface area contributed by atoms with E-state index in [4.69, 9.17) is 0 Å². The molecule has 0 aliphatic carbocycles. The number of hydrogen-bond acceptors (Lipinski definition) is 2. The maximum Gasteiger partial charge on any atom is 0.251 e. The molecule has 0 saturated heterocycles. The lowest BCUT2D eigenvalue weighted by Gasteiger charge is -2.05. The molecule has 17 heavy (non-hydrogen) atoms. The van der Waals surface area contributed by atoms with Crippen LogP contribution in [0.25, 0.3) is 0 Å². The third-order valence-electron chi connectivity index (χ3n) is 1.96. The van der Waals surface area contributed by atoms with Crippen molar-refractivity contribution in [3.63, 3.8) is 0 Å². The van der Waals surface area contributed by atoms with E-state index in [1.54, 1.807) is 6.08 Å². The third kappa shape index (κ3) is 4.46. The van der Waals surface area contributed by atoms with Crippen molar-refractivity contribution in [2.75, 3.05) is 13.1 Å². The van der Waals surface area contributed by atoms with Crippen molar-refractivity contribution >= 4 is 11.8 Å². The SMILES string of the molecule is C=CCNC(=O)CNC(=O)c1ccc(F)cc1. The fraction of sp³-hybridized carbons (Fsp3) is 0.167. The van der Waals surface area contributed by atoms with E-state index in [0.717, 1.165) is 0 Å². The van der Waals surface area contributed by atoms with E-state index in [0.29, 0.717) is 12.1 Å². The van der Waals surface area contributed by atoms with Gasteiger partial charge in [-0.05, 0) is 24.3 Å². The van der Waals surface area contributed by atoms with Gasteiger partial charge in [-0.25, -0.2) is 4.39 Å². The number of carbonyl (C=O) groups is 2. The van der Waals surface area contributed by atoms with E-state index in [9.17, 15) is 14.0 Å². The van der Waals surface area contributed by atoms with Gasteiger partial charge in [0.25, 0.3) is 5.91 Å². The van der Waals surface area contributed by atoms with E-state index in [1.165, 1.54) is 24.3 Å². The summed E-state index contributed by atoms with van der Waals surface area (Å²) in [5.41, 5.74) is 0.308. The average molecular weight is 236 g/mol. The van der Waals surface area contributed by atoms with E-state index in [-0.39, 0.29) is 12.5 Å². The Morgan fingerprint density at radius 1 is 1.24 bits per heavy atom. The molecule has 0 bridgehead atoms. The minimum Gasteiger partial charge on any atom is -0.351 e. The van der Waals surface area contributed by atoms with Crippen LogP contribution >= 0.6 is 0 Å². The van der Waals surface area contributed by atoms with Crippen LogP contribution in [0.15, 0.2) is 36.9 Å². The fourth-order valence-corrected chi connectivity index (χ4v) is 1.11. The molecule has 1 rings (SSSR count). The minimum absolute atomic E-state index is 0.121. The summed E-state index contributed by atoms with van der Waals surface area (Å²) in [5, 5.41) is 4.94. The molecule has 5 heteroatoms. The molecule has 0 fully saturated rings. The predicted molar refractivity (Wildman–Crippen MR) is 61.9 cm³/mol. The summed E-state index contributed by atoms with van der Waals surface area (Å²) < 4.78 is 12.6. The molecular weight excluding hydrogens is 223 g/mol. The highest BCUT2D eigenvalue weighted by Crippen LogP contribution is 2.01. The summed E-state index contributed by atoms with van der Waals surface area (Å²) in [6, 6.07) is 5.08. The van der Waals surface area contributed by atoms with Crippen LogP contribution < -0.4 is 10.6 Å². The van der Waals surface area contributed by atoms with Gasteiger partial charge in [0.15, 0.2) is 0 Å². The Labute approximate surface area is 98.5 Å². The molecule has 2 amide bonds. The van der Waals surface area contributed by atoms with Gasteiger partial charge in [0, 0.05) is 12.1 Å². The Kier molecular flexibility index (Phi) is 4.87. The Bertz CT molecular complexity index is 415. The molecule has 0 unspecified atom stereocenters. The molecule has 1 aromatic carbocycles. The summed E-state index contributed by atoms with van der Waals surface area (Å²) >= 11 is 0. The zero-order valence-electron chi connectivity index (χ0n) is 9.20. The van der Waals surface area contributed by atoms with Crippen molar-refractivity contribution in [3.05, 3.63) is 48.3 Å². The number of nitrogens with one attached hydrogen (secondary N) is 2. The van der Waals surface area contributed by atoms with Crippen molar-refractivity contribution in [2.24, 2.45) is 0 Å². The summed E-state index contributed by atoms with van der Waals surface area (Å²) in [7, 11) is 0. The molecule has 2 N–H and O–H groups in total. The number of carbonyl (C=O) groups excluding carboxylic acids is 2. The number of hydrogen-bond donors (Lipinski definition) is 2. The van der Waals surface area contributed by atoms with Gasteiger partial charge in [-0.3, -0.25) is 9.59 Å². The van der Waals surface area contributed by atoms with Gasteiger partial charge in [0.05, 0.1) is 6.54 Å². The number of rotatable bonds is 5. The van der Waals surface area contributed by atoms with Gasteiger partial charge in [0.2, 0.25) is 5.91 Å². The van der Waals surface area contributed by atoms with E-state index in [1.807, 2.05) is 0 Å². The van der Waals surface area contributed by atoms with Gasteiger partial charge in [-0.1, -0.05) is 6.08 Å². The van der Waals surface area contributed by atoms with Crippen molar-refractivity contribution in [1.82, 2.24) is 10.6 Å². The lowest BCUT2D eigenvalue weighted by molar-refractivity contribution is -0.119. The molecule has 0 aliphatic rings. The monoisotopic (exact) mass is 236 g/mol. The van der Waals surface area contributed by atoms with Crippen molar-refractivity contribution in [1.29, 1.82) is 0 Å². The molecule has 0 aliphatic heterocycles. The number of amides is 2. The lowest BCUT2D eigenvalue weighted by Crippen LogP contribution is -2.36. The molecule has 0 atom stereocenters. The van der Waals surface area contributed by atoms with Crippen molar-refractivity contribution in [2.45, 2.75) is 0 Å². The van der Waals surface area contributed by atoms with Crippen molar-refractivity contribution < 1.29 is 14.0 Å². The first-order valence-corrected chi connectivity index (χ1v) is 5.05. The topological polar surface area (TPSA) is 58.2 Å². The molecule has 4 nitrogen and oxygen atoms in total. The van der Waals surface area contributed by atoms with Crippen LogP contribution in [0.2, 0.25) is 0 Å². The van der Waals surface area contributed by atoms with Crippen LogP contribution in [0.4, 0.5) is 4.39 Å². The van der Waals surface area contributed by atoms with Crippen LogP contribution in [-0.2, 0) is 4.79 Å². The fourth-order valence-electron chi connectivity index (χ4n) is 1.11. The second-order valence-electron chi connectivity index (χ2n) is 3.28. The quantitative estimate of drug-likeness (QED) is 0.745. The predicted octanol–water partition coefficient (Wildman–Crippen LogP) is 0.858.